The first-order valence-corrected chi connectivity index (χ1v) is 17.8. The fourth-order valence-electron chi connectivity index (χ4n) is 8.23. The highest BCUT2D eigenvalue weighted by Gasteiger charge is 2.48. The van der Waals surface area contributed by atoms with Crippen molar-refractivity contribution in [1.29, 1.82) is 0 Å². The van der Waals surface area contributed by atoms with Crippen molar-refractivity contribution < 1.29 is 22.0 Å². The number of likely N-dealkylation sites (tertiary alicyclic amines) is 3. The largest absolute Gasteiger partial charge is 0.338 e. The van der Waals surface area contributed by atoms with Crippen molar-refractivity contribution in [2.24, 2.45) is 17.3 Å². The highest BCUT2D eigenvalue weighted by Crippen LogP contribution is 2.44. The molecular weight excluding hydrogens is 568 g/mol. The van der Waals surface area contributed by atoms with Gasteiger partial charge in [-0.25, -0.2) is 17.2 Å². The van der Waals surface area contributed by atoms with E-state index >= 15 is 0 Å². The van der Waals surface area contributed by atoms with Crippen LogP contribution in [0.15, 0.2) is 59.5 Å². The van der Waals surface area contributed by atoms with E-state index in [1.165, 1.54) is 11.8 Å². The maximum atomic E-state index is 14.1. The third-order valence-corrected chi connectivity index (χ3v) is 11.8. The lowest BCUT2D eigenvalue weighted by Gasteiger charge is -2.39. The summed E-state index contributed by atoms with van der Waals surface area (Å²) in [5, 5.41) is 0. The number of carbonyl (C=O) groups excluding carboxylic acids is 1. The predicted octanol–water partition coefficient (Wildman–Crippen LogP) is 5.45. The van der Waals surface area contributed by atoms with Crippen molar-refractivity contribution in [3.8, 4) is 0 Å². The van der Waals surface area contributed by atoms with Crippen LogP contribution in [-0.4, -0.2) is 87.0 Å². The van der Waals surface area contributed by atoms with Gasteiger partial charge >= 0.3 is 0 Å². The van der Waals surface area contributed by atoms with Gasteiger partial charge in [0.25, 0.3) is 0 Å². The SMILES string of the molecule is CS(=O)(=O)c1ccc(CN2CCC3(CCN(C[C@H]4CN(CC5CCCC(F)(F)C5)C[C@@H]4c4ccccc4)CC3)C2=O)cc1. The Hall–Kier alpha value is -2.36. The van der Waals surface area contributed by atoms with Crippen LogP contribution in [0.25, 0.3) is 0 Å². The second-order valence-corrected chi connectivity index (χ2v) is 15.8. The Kier molecular flexibility index (Phi) is 8.70. The average molecular weight is 614 g/mol. The summed E-state index contributed by atoms with van der Waals surface area (Å²) >= 11 is 0. The molecule has 2 aromatic carbocycles. The number of piperidine rings is 1. The Labute approximate surface area is 255 Å². The van der Waals surface area contributed by atoms with E-state index in [0.29, 0.717) is 29.7 Å². The summed E-state index contributed by atoms with van der Waals surface area (Å²) in [6.07, 6.45) is 5.38. The van der Waals surface area contributed by atoms with Crippen molar-refractivity contribution in [3.05, 3.63) is 65.7 Å². The van der Waals surface area contributed by atoms with E-state index in [2.05, 4.69) is 34.1 Å². The molecule has 4 fully saturated rings. The standard InChI is InChI=1S/C34H45F2N3O3S/c1-43(41,42)30-11-9-26(10-12-30)22-39-19-16-33(32(39)40)14-17-37(18-15-33)23-29-24-38(21-27-6-5-13-34(35,36)20-27)25-31(29)28-7-3-2-4-8-28/h2-4,7-12,27,29,31H,5-6,13-25H2,1H3/t27?,29-,31+/m0/s1. The number of alkyl halides is 2. The first-order chi connectivity index (χ1) is 20.5. The lowest BCUT2D eigenvalue weighted by molar-refractivity contribution is -0.139. The number of nitrogens with zero attached hydrogens (tertiary/aromatic N) is 3. The molecule has 1 saturated carbocycles. The molecule has 3 atom stereocenters. The van der Waals surface area contributed by atoms with Crippen LogP contribution in [0.5, 0.6) is 0 Å². The molecule has 1 aliphatic carbocycles. The molecule has 0 bridgehead atoms. The second kappa shape index (κ2) is 12.2. The third-order valence-electron chi connectivity index (χ3n) is 10.6. The van der Waals surface area contributed by atoms with E-state index in [-0.39, 0.29) is 30.1 Å². The van der Waals surface area contributed by atoms with Crippen molar-refractivity contribution in [3.63, 3.8) is 0 Å². The van der Waals surface area contributed by atoms with E-state index in [1.807, 2.05) is 23.1 Å². The molecule has 3 heterocycles. The van der Waals surface area contributed by atoms with Gasteiger partial charge in [-0.15, -0.1) is 0 Å². The fourth-order valence-corrected chi connectivity index (χ4v) is 8.87. The van der Waals surface area contributed by atoms with E-state index in [0.717, 1.165) is 77.1 Å². The van der Waals surface area contributed by atoms with Gasteiger partial charge in [0.05, 0.1) is 10.3 Å². The van der Waals surface area contributed by atoms with Gasteiger partial charge in [-0.2, -0.15) is 0 Å². The van der Waals surface area contributed by atoms with Gasteiger partial charge in [0.2, 0.25) is 11.8 Å². The zero-order valence-electron chi connectivity index (χ0n) is 25.3. The van der Waals surface area contributed by atoms with Crippen LogP contribution in [-0.2, 0) is 21.2 Å². The Bertz CT molecular complexity index is 1380. The highest BCUT2D eigenvalue weighted by molar-refractivity contribution is 7.90. The van der Waals surface area contributed by atoms with Gasteiger partial charge in [-0.1, -0.05) is 42.5 Å². The molecule has 0 N–H and O–H groups in total. The lowest BCUT2D eigenvalue weighted by atomic mass is 9.76. The molecule has 6 nitrogen and oxygen atoms in total. The minimum atomic E-state index is -3.24. The van der Waals surface area contributed by atoms with Crippen LogP contribution < -0.4 is 0 Å². The molecule has 1 spiro atoms. The van der Waals surface area contributed by atoms with Crippen LogP contribution in [0, 0.1) is 17.3 Å². The molecule has 4 aliphatic rings. The Morgan fingerprint density at radius 2 is 1.56 bits per heavy atom. The van der Waals surface area contributed by atoms with Gasteiger partial charge in [0.15, 0.2) is 9.84 Å². The fraction of sp³-hybridized carbons (Fsp3) is 0.618. The molecule has 3 aliphatic heterocycles. The van der Waals surface area contributed by atoms with Gasteiger partial charge in [0.1, 0.15) is 0 Å². The Balaban J connectivity index is 1.05. The number of benzene rings is 2. The minimum Gasteiger partial charge on any atom is -0.338 e. The normalized spacial score (nSPS) is 28.1. The molecule has 1 unspecified atom stereocenters. The van der Waals surface area contributed by atoms with Gasteiger partial charge in [-0.05, 0) is 80.3 Å². The second-order valence-electron chi connectivity index (χ2n) is 13.8. The summed E-state index contributed by atoms with van der Waals surface area (Å²) in [4.78, 5) is 20.8. The van der Waals surface area contributed by atoms with Crippen molar-refractivity contribution in [1.82, 2.24) is 14.7 Å². The van der Waals surface area contributed by atoms with Crippen LogP contribution in [0.4, 0.5) is 8.78 Å². The summed E-state index contributed by atoms with van der Waals surface area (Å²) in [6.45, 7) is 6.64. The van der Waals surface area contributed by atoms with Crippen molar-refractivity contribution in [2.45, 2.75) is 68.2 Å². The molecule has 0 radical (unpaired) electrons. The van der Waals surface area contributed by atoms with Gasteiger partial charge in [-0.3, -0.25) is 4.79 Å². The number of rotatable bonds is 8. The number of sulfone groups is 1. The summed E-state index contributed by atoms with van der Waals surface area (Å²) in [6, 6.07) is 17.5. The molecule has 1 amide bonds. The third kappa shape index (κ3) is 6.99. The molecule has 234 valence electrons. The molecule has 6 rings (SSSR count). The van der Waals surface area contributed by atoms with E-state index in [1.54, 1.807) is 12.1 Å². The summed E-state index contributed by atoms with van der Waals surface area (Å²) < 4.78 is 51.8. The number of amides is 1. The Morgan fingerprint density at radius 1 is 0.860 bits per heavy atom. The highest BCUT2D eigenvalue weighted by atomic mass is 32.2. The number of hydrogen-bond acceptors (Lipinski definition) is 5. The first kappa shape index (κ1) is 30.7. The monoisotopic (exact) mass is 613 g/mol. The van der Waals surface area contributed by atoms with Gasteiger partial charge in [0, 0.05) is 64.3 Å². The number of carbonyl (C=O) groups is 1. The molecule has 9 heteroatoms. The van der Waals surface area contributed by atoms with Crippen molar-refractivity contribution in [2.75, 3.05) is 52.1 Å². The minimum absolute atomic E-state index is 0.0232. The molecule has 2 aromatic rings. The zero-order chi connectivity index (χ0) is 30.2. The zero-order valence-corrected chi connectivity index (χ0v) is 26.1. The number of halogens is 2. The van der Waals surface area contributed by atoms with Gasteiger partial charge < -0.3 is 14.7 Å². The maximum absolute atomic E-state index is 14.1. The average Bonchev–Trinajstić information content (AvgIpc) is 3.50. The molecule has 43 heavy (non-hydrogen) atoms. The maximum Gasteiger partial charge on any atom is 0.248 e. The number of hydrogen-bond donors (Lipinski definition) is 0. The predicted molar refractivity (Wildman–Crippen MR) is 164 cm³/mol. The van der Waals surface area contributed by atoms with E-state index < -0.39 is 15.8 Å². The topological polar surface area (TPSA) is 60.9 Å². The van der Waals surface area contributed by atoms with E-state index in [4.69, 9.17) is 0 Å². The Morgan fingerprint density at radius 3 is 2.23 bits per heavy atom. The smallest absolute Gasteiger partial charge is 0.248 e. The van der Waals surface area contributed by atoms with Crippen molar-refractivity contribution >= 4 is 15.7 Å². The lowest BCUT2D eigenvalue weighted by Crippen LogP contribution is -2.46. The quantitative estimate of drug-likeness (QED) is 0.397. The molecular formula is C34H45F2N3O3S. The van der Waals surface area contributed by atoms with Crippen LogP contribution in [0.1, 0.15) is 62.0 Å². The van der Waals surface area contributed by atoms with Crippen LogP contribution >= 0.6 is 0 Å². The summed E-state index contributed by atoms with van der Waals surface area (Å²) in [5.74, 6) is -1.38. The van der Waals surface area contributed by atoms with E-state index in [9.17, 15) is 22.0 Å². The molecule has 3 saturated heterocycles. The van der Waals surface area contributed by atoms with Crippen LogP contribution in [0.2, 0.25) is 0 Å². The summed E-state index contributed by atoms with van der Waals surface area (Å²) in [7, 11) is -3.24. The molecule has 0 aromatic heterocycles. The van der Waals surface area contributed by atoms with Crippen LogP contribution in [0.3, 0.4) is 0 Å². The summed E-state index contributed by atoms with van der Waals surface area (Å²) in [5.41, 5.74) is 1.99. The first-order valence-electron chi connectivity index (χ1n) is 16.0.